The van der Waals surface area contributed by atoms with Gasteiger partial charge in [-0.25, -0.2) is 0 Å². The third kappa shape index (κ3) is 12.4. The molecule has 1 fully saturated rings. The molecule has 1 aliphatic rings. The van der Waals surface area contributed by atoms with Gasteiger partial charge < -0.3 is 0 Å². The highest BCUT2D eigenvalue weighted by molar-refractivity contribution is 8.02. The summed E-state index contributed by atoms with van der Waals surface area (Å²) in [7, 11) is 0. The number of hydrogen-bond acceptors (Lipinski definition) is 2. The van der Waals surface area contributed by atoms with Crippen LogP contribution >= 0.6 is 11.8 Å². The Morgan fingerprint density at radius 1 is 1.26 bits per heavy atom. The standard InChI is InChI=1S/C12H18OS.C4H8S/c1-4-6-8-12(11(3)13)9-7-10-14-5-2;1-2-4-5-3-1/h6-10H,4-5H2,1-3H3;1-4H2/p+1/b8-6-,10-7+,12-9+;. The van der Waals surface area contributed by atoms with Crippen LogP contribution in [0, 0.1) is 0 Å². The molecule has 0 aromatic heterocycles. The average molecular weight is 300 g/mol. The van der Waals surface area contributed by atoms with E-state index in [2.05, 4.69) is 13.8 Å². The van der Waals surface area contributed by atoms with E-state index in [1.165, 1.54) is 24.3 Å². The largest absolute Gasteiger partial charge is 0.295 e. The first-order valence-electron chi connectivity index (χ1n) is 7.01. The van der Waals surface area contributed by atoms with E-state index in [9.17, 15) is 4.79 Å². The third-order valence-electron chi connectivity index (χ3n) is 2.44. The number of carbonyl (C=O) groups is 1. The van der Waals surface area contributed by atoms with E-state index in [-0.39, 0.29) is 5.78 Å². The van der Waals surface area contributed by atoms with E-state index < -0.39 is 0 Å². The van der Waals surface area contributed by atoms with E-state index in [0.717, 1.165) is 17.7 Å². The Bertz CT molecular complexity index is 305. The van der Waals surface area contributed by atoms with Crippen LogP contribution in [-0.2, 0) is 16.6 Å². The van der Waals surface area contributed by atoms with E-state index in [0.29, 0.717) is 0 Å². The Morgan fingerprint density at radius 2 is 1.95 bits per heavy atom. The zero-order chi connectivity index (χ0) is 14.3. The summed E-state index contributed by atoms with van der Waals surface area (Å²) in [5.74, 6) is 4.12. The van der Waals surface area contributed by atoms with Crippen molar-refractivity contribution < 1.29 is 4.79 Å². The molecular formula is C16H27OS2+. The summed E-state index contributed by atoms with van der Waals surface area (Å²) in [6.07, 6.45) is 11.6. The van der Waals surface area contributed by atoms with Crippen molar-refractivity contribution in [2.75, 3.05) is 17.3 Å². The van der Waals surface area contributed by atoms with Gasteiger partial charge in [-0.2, -0.15) is 0 Å². The smallest absolute Gasteiger partial charge is 0.159 e. The van der Waals surface area contributed by atoms with Gasteiger partial charge in [0.25, 0.3) is 0 Å². The zero-order valence-corrected chi connectivity index (χ0v) is 14.1. The number of hydrogen-bond donors (Lipinski definition) is 0. The molecule has 0 radical (unpaired) electrons. The first-order valence-corrected chi connectivity index (χ1v) is 9.32. The summed E-state index contributed by atoms with van der Waals surface area (Å²) in [4.78, 5) is 11.2. The molecule has 3 heteroatoms. The molecule has 0 atom stereocenters. The van der Waals surface area contributed by atoms with E-state index >= 15 is 0 Å². The monoisotopic (exact) mass is 299 g/mol. The van der Waals surface area contributed by atoms with Gasteiger partial charge in [-0.1, -0.05) is 38.2 Å². The van der Waals surface area contributed by atoms with Crippen LogP contribution in [0.3, 0.4) is 0 Å². The molecule has 0 aromatic rings. The lowest BCUT2D eigenvalue weighted by Crippen LogP contribution is -1.91. The minimum absolute atomic E-state index is 0.112. The maximum Gasteiger partial charge on any atom is 0.159 e. The van der Waals surface area contributed by atoms with Crippen molar-refractivity contribution >= 4 is 29.3 Å². The fraction of sp³-hybridized carbons (Fsp3) is 0.562. The Kier molecular flexibility index (Phi) is 13.7. The third-order valence-corrected chi connectivity index (χ3v) is 4.39. The summed E-state index contributed by atoms with van der Waals surface area (Å²) in [5.41, 5.74) is 0.764. The average Bonchev–Trinajstić information content (AvgIpc) is 2.96. The van der Waals surface area contributed by atoms with Crippen LogP contribution in [0.2, 0.25) is 0 Å². The molecule has 0 saturated carbocycles. The van der Waals surface area contributed by atoms with Gasteiger partial charge in [0.1, 0.15) is 11.5 Å². The molecule has 0 N–H and O–H groups in total. The summed E-state index contributed by atoms with van der Waals surface area (Å²) in [5, 5.41) is 2.00. The second-order valence-corrected chi connectivity index (χ2v) is 6.68. The SMILES string of the molecule is C1CC[SH+]C1.CC\C=C/C(=C\C=C\SCC)C(C)=O. The molecule has 0 amide bonds. The number of ketones is 1. The lowest BCUT2D eigenvalue weighted by molar-refractivity contribution is -0.113. The van der Waals surface area contributed by atoms with Crippen molar-refractivity contribution in [2.45, 2.75) is 40.0 Å². The molecule has 0 unspecified atom stereocenters. The molecule has 1 heterocycles. The highest BCUT2D eigenvalue weighted by atomic mass is 32.2. The molecule has 1 rings (SSSR count). The number of thioether (sulfide) groups is 1. The molecule has 1 nitrogen and oxygen atoms in total. The fourth-order valence-electron chi connectivity index (χ4n) is 1.39. The summed E-state index contributed by atoms with van der Waals surface area (Å²) >= 11 is 3.42. The molecule has 1 saturated heterocycles. The molecule has 108 valence electrons. The quantitative estimate of drug-likeness (QED) is 0.314. The van der Waals surface area contributed by atoms with Gasteiger partial charge in [0.05, 0.1) is 0 Å². The van der Waals surface area contributed by atoms with Crippen molar-refractivity contribution in [1.82, 2.24) is 0 Å². The lowest BCUT2D eigenvalue weighted by atomic mass is 10.1. The molecule has 19 heavy (non-hydrogen) atoms. The minimum Gasteiger partial charge on any atom is -0.295 e. The molecule has 0 aromatic carbocycles. The summed E-state index contributed by atoms with van der Waals surface area (Å²) < 4.78 is 0. The predicted octanol–water partition coefficient (Wildman–Crippen LogP) is 4.33. The molecular weight excluding hydrogens is 272 g/mol. The van der Waals surface area contributed by atoms with Crippen LogP contribution in [0.4, 0.5) is 0 Å². The Balaban J connectivity index is 0.000000532. The van der Waals surface area contributed by atoms with Crippen LogP contribution in [0.1, 0.15) is 40.0 Å². The van der Waals surface area contributed by atoms with Gasteiger partial charge in [0.15, 0.2) is 5.78 Å². The van der Waals surface area contributed by atoms with Gasteiger partial charge in [0, 0.05) is 5.57 Å². The number of rotatable bonds is 6. The van der Waals surface area contributed by atoms with E-state index in [1.807, 2.05) is 29.7 Å². The summed E-state index contributed by atoms with van der Waals surface area (Å²) in [6.45, 7) is 5.74. The first kappa shape index (κ1) is 18.6. The van der Waals surface area contributed by atoms with Gasteiger partial charge in [-0.15, -0.1) is 11.8 Å². The van der Waals surface area contributed by atoms with Crippen molar-refractivity contribution in [1.29, 1.82) is 0 Å². The summed E-state index contributed by atoms with van der Waals surface area (Å²) in [6, 6.07) is 0. The fourth-order valence-corrected chi connectivity index (χ4v) is 2.89. The van der Waals surface area contributed by atoms with Crippen LogP contribution in [0.5, 0.6) is 0 Å². The predicted molar refractivity (Wildman–Crippen MR) is 93.2 cm³/mol. The van der Waals surface area contributed by atoms with Crippen molar-refractivity contribution in [3.8, 4) is 0 Å². The normalized spacial score (nSPS) is 15.8. The Morgan fingerprint density at radius 3 is 2.37 bits per heavy atom. The van der Waals surface area contributed by atoms with Gasteiger partial charge in [-0.3, -0.25) is 4.79 Å². The zero-order valence-electron chi connectivity index (χ0n) is 12.4. The van der Waals surface area contributed by atoms with Crippen LogP contribution in [-0.4, -0.2) is 23.0 Å². The Labute approximate surface area is 127 Å². The number of carbonyl (C=O) groups excluding carboxylic acids is 1. The lowest BCUT2D eigenvalue weighted by Gasteiger charge is -1.92. The Hall–Kier alpha value is -0.410. The van der Waals surface area contributed by atoms with Crippen LogP contribution in [0.15, 0.2) is 35.3 Å². The first-order chi connectivity index (χ1) is 9.22. The van der Waals surface area contributed by atoms with E-state index in [4.69, 9.17) is 0 Å². The number of thiol groups is 1. The van der Waals surface area contributed by atoms with Crippen LogP contribution in [0.25, 0.3) is 0 Å². The highest BCUT2D eigenvalue weighted by Gasteiger charge is 2.04. The maximum absolute atomic E-state index is 11.2. The molecule has 0 spiro atoms. The molecule has 1 aliphatic heterocycles. The number of Topliss-reactive ketones (excluding diaryl/α,β-unsaturated/α-hetero) is 1. The molecule has 0 aliphatic carbocycles. The van der Waals surface area contributed by atoms with Crippen molar-refractivity contribution in [2.24, 2.45) is 0 Å². The minimum atomic E-state index is 0.112. The van der Waals surface area contributed by atoms with Crippen molar-refractivity contribution in [3.05, 3.63) is 35.3 Å². The molecule has 0 bridgehead atoms. The van der Waals surface area contributed by atoms with E-state index in [1.54, 1.807) is 30.4 Å². The van der Waals surface area contributed by atoms with Gasteiger partial charge in [0.2, 0.25) is 0 Å². The topological polar surface area (TPSA) is 17.1 Å². The van der Waals surface area contributed by atoms with Gasteiger partial charge in [-0.05, 0) is 49.1 Å². The maximum atomic E-state index is 11.2. The number of allylic oxidation sites excluding steroid dienone is 5. The highest BCUT2D eigenvalue weighted by Crippen LogP contribution is 2.04. The van der Waals surface area contributed by atoms with Crippen LogP contribution < -0.4 is 0 Å². The van der Waals surface area contributed by atoms with Crippen molar-refractivity contribution in [3.63, 3.8) is 0 Å². The van der Waals surface area contributed by atoms with Gasteiger partial charge >= 0.3 is 0 Å². The second kappa shape index (κ2) is 14.0. The second-order valence-electron chi connectivity index (χ2n) is 4.15.